The van der Waals surface area contributed by atoms with Crippen molar-refractivity contribution >= 4 is 6.08 Å². The first kappa shape index (κ1) is 15.7. The zero-order valence-corrected chi connectivity index (χ0v) is 10.9. The Hall–Kier alpha value is -1.36. The van der Waals surface area contributed by atoms with E-state index in [9.17, 15) is 17.6 Å². The summed E-state index contributed by atoms with van der Waals surface area (Å²) in [6, 6.07) is 2.58. The van der Waals surface area contributed by atoms with Crippen molar-refractivity contribution in [2.24, 2.45) is 0 Å². The third-order valence-corrected chi connectivity index (χ3v) is 2.67. The van der Waals surface area contributed by atoms with Crippen LogP contribution < -0.4 is 5.32 Å². The molecule has 1 N–H and O–H groups in total. The number of alkyl halides is 3. The predicted octanol–water partition coefficient (Wildman–Crippen LogP) is 4.25. The summed E-state index contributed by atoms with van der Waals surface area (Å²) in [7, 11) is 0. The van der Waals surface area contributed by atoms with Gasteiger partial charge in [0.2, 0.25) is 0 Å². The van der Waals surface area contributed by atoms with Crippen LogP contribution in [0, 0.1) is 5.82 Å². The van der Waals surface area contributed by atoms with Crippen molar-refractivity contribution in [3.8, 4) is 0 Å². The molecule has 5 heteroatoms. The zero-order chi connectivity index (χ0) is 14.5. The van der Waals surface area contributed by atoms with Crippen molar-refractivity contribution in [3.63, 3.8) is 0 Å². The average molecular weight is 275 g/mol. The van der Waals surface area contributed by atoms with Gasteiger partial charge >= 0.3 is 6.18 Å². The Bertz CT molecular complexity index is 449. The molecule has 0 aliphatic rings. The molecule has 19 heavy (non-hydrogen) atoms. The highest BCUT2D eigenvalue weighted by Gasteiger charge is 2.31. The van der Waals surface area contributed by atoms with Crippen molar-refractivity contribution in [3.05, 3.63) is 40.7 Å². The van der Waals surface area contributed by atoms with E-state index in [0.29, 0.717) is 19.0 Å². The van der Waals surface area contributed by atoms with Crippen molar-refractivity contribution < 1.29 is 17.6 Å². The second-order valence-electron chi connectivity index (χ2n) is 4.21. The summed E-state index contributed by atoms with van der Waals surface area (Å²) < 4.78 is 50.9. The fourth-order valence-corrected chi connectivity index (χ4v) is 1.66. The first-order chi connectivity index (χ1) is 8.86. The van der Waals surface area contributed by atoms with Crippen LogP contribution in [0.1, 0.15) is 31.4 Å². The van der Waals surface area contributed by atoms with Crippen LogP contribution in [0.3, 0.4) is 0 Å². The van der Waals surface area contributed by atoms with Crippen LogP contribution in [0.15, 0.2) is 23.8 Å². The second-order valence-corrected chi connectivity index (χ2v) is 4.21. The number of hydrogen-bond donors (Lipinski definition) is 1. The summed E-state index contributed by atoms with van der Waals surface area (Å²) in [6.45, 7) is 5.21. The van der Waals surface area contributed by atoms with Gasteiger partial charge in [0.15, 0.2) is 0 Å². The second kappa shape index (κ2) is 6.70. The van der Waals surface area contributed by atoms with Gasteiger partial charge in [-0.15, -0.1) is 0 Å². The largest absolute Gasteiger partial charge is 0.416 e. The highest BCUT2D eigenvalue weighted by molar-refractivity contribution is 5.54. The lowest BCUT2D eigenvalue weighted by Gasteiger charge is -2.09. The maximum atomic E-state index is 13.2. The normalized spacial score (nSPS) is 12.8. The smallest absolute Gasteiger partial charge is 0.313 e. The Morgan fingerprint density at radius 1 is 1.21 bits per heavy atom. The van der Waals surface area contributed by atoms with E-state index in [1.165, 1.54) is 0 Å². The summed E-state index contributed by atoms with van der Waals surface area (Å²) in [5, 5.41) is 3.09. The molecule has 0 radical (unpaired) electrons. The summed E-state index contributed by atoms with van der Waals surface area (Å²) in [5.74, 6) is -0.875. The summed E-state index contributed by atoms with van der Waals surface area (Å²) in [6.07, 6.45) is -2.23. The minimum atomic E-state index is -4.53. The Morgan fingerprint density at radius 2 is 1.89 bits per heavy atom. The van der Waals surface area contributed by atoms with E-state index in [2.05, 4.69) is 5.32 Å². The molecule has 0 aromatic heterocycles. The maximum absolute atomic E-state index is 13.2. The first-order valence-corrected chi connectivity index (χ1v) is 6.14. The summed E-state index contributed by atoms with van der Waals surface area (Å²) in [4.78, 5) is 0. The van der Waals surface area contributed by atoms with Gasteiger partial charge in [-0.3, -0.25) is 0 Å². The molecule has 0 aliphatic heterocycles. The Balaban J connectivity index is 3.06. The van der Waals surface area contributed by atoms with Gasteiger partial charge in [-0.25, -0.2) is 4.39 Å². The SMILES string of the molecule is CCNC/C(=C/c1cc(F)cc(C(F)(F)F)c1)CC. The molecule has 0 bridgehead atoms. The molecular weight excluding hydrogens is 258 g/mol. The molecule has 0 aliphatic carbocycles. The van der Waals surface area contributed by atoms with Crippen molar-refractivity contribution in [1.82, 2.24) is 5.32 Å². The number of rotatable bonds is 5. The number of halogens is 4. The molecule has 0 fully saturated rings. The van der Waals surface area contributed by atoms with Gasteiger partial charge in [-0.1, -0.05) is 25.5 Å². The lowest BCUT2D eigenvalue weighted by atomic mass is 10.1. The highest BCUT2D eigenvalue weighted by Crippen LogP contribution is 2.30. The maximum Gasteiger partial charge on any atom is 0.416 e. The van der Waals surface area contributed by atoms with Crippen molar-refractivity contribution in [2.75, 3.05) is 13.1 Å². The van der Waals surface area contributed by atoms with E-state index in [1.807, 2.05) is 13.8 Å². The zero-order valence-electron chi connectivity index (χ0n) is 10.9. The van der Waals surface area contributed by atoms with E-state index in [-0.39, 0.29) is 5.56 Å². The van der Waals surface area contributed by atoms with Gasteiger partial charge in [0.05, 0.1) is 5.56 Å². The fraction of sp³-hybridized carbons (Fsp3) is 0.429. The van der Waals surface area contributed by atoms with Gasteiger partial charge in [-0.05, 0) is 36.7 Å². The van der Waals surface area contributed by atoms with E-state index < -0.39 is 17.6 Å². The predicted molar refractivity (Wildman–Crippen MR) is 68.2 cm³/mol. The van der Waals surface area contributed by atoms with Gasteiger partial charge in [0.25, 0.3) is 0 Å². The van der Waals surface area contributed by atoms with Crippen LogP contribution in [0.2, 0.25) is 0 Å². The third kappa shape index (κ3) is 5.03. The Labute approximate surface area is 110 Å². The molecule has 106 valence electrons. The van der Waals surface area contributed by atoms with E-state index in [0.717, 1.165) is 24.3 Å². The van der Waals surface area contributed by atoms with Crippen LogP contribution in [0.4, 0.5) is 17.6 Å². The fourth-order valence-electron chi connectivity index (χ4n) is 1.66. The number of hydrogen-bond acceptors (Lipinski definition) is 1. The minimum absolute atomic E-state index is 0.238. The Kier molecular flexibility index (Phi) is 5.54. The van der Waals surface area contributed by atoms with Gasteiger partial charge in [0.1, 0.15) is 5.82 Å². The van der Waals surface area contributed by atoms with Gasteiger partial charge < -0.3 is 5.32 Å². The first-order valence-electron chi connectivity index (χ1n) is 6.14. The standard InChI is InChI=1S/C14H17F4N/c1-3-10(9-19-4-2)5-11-6-12(14(16,17)18)8-13(15)7-11/h5-8,19H,3-4,9H2,1-2H3/b10-5+. The van der Waals surface area contributed by atoms with Crippen LogP contribution in [0.25, 0.3) is 6.08 Å². The molecule has 1 nitrogen and oxygen atoms in total. The molecule has 0 atom stereocenters. The molecule has 0 heterocycles. The topological polar surface area (TPSA) is 12.0 Å². The quantitative estimate of drug-likeness (QED) is 0.792. The van der Waals surface area contributed by atoms with Crippen LogP contribution in [-0.2, 0) is 6.18 Å². The van der Waals surface area contributed by atoms with E-state index in [1.54, 1.807) is 6.08 Å². The molecule has 0 spiro atoms. The van der Waals surface area contributed by atoms with Crippen LogP contribution in [0.5, 0.6) is 0 Å². The van der Waals surface area contributed by atoms with Crippen molar-refractivity contribution in [2.45, 2.75) is 26.4 Å². The van der Waals surface area contributed by atoms with Crippen LogP contribution in [-0.4, -0.2) is 13.1 Å². The lowest BCUT2D eigenvalue weighted by molar-refractivity contribution is -0.137. The molecular formula is C14H17F4N. The van der Waals surface area contributed by atoms with E-state index in [4.69, 9.17) is 0 Å². The third-order valence-electron chi connectivity index (χ3n) is 2.67. The van der Waals surface area contributed by atoms with E-state index >= 15 is 0 Å². The molecule has 1 rings (SSSR count). The summed E-state index contributed by atoms with van der Waals surface area (Å²) >= 11 is 0. The molecule has 0 saturated heterocycles. The highest BCUT2D eigenvalue weighted by atomic mass is 19.4. The van der Waals surface area contributed by atoms with Gasteiger partial charge in [0, 0.05) is 6.54 Å². The van der Waals surface area contributed by atoms with Gasteiger partial charge in [-0.2, -0.15) is 13.2 Å². The number of benzene rings is 1. The number of likely N-dealkylation sites (N-methyl/N-ethyl adjacent to an activating group) is 1. The number of nitrogens with one attached hydrogen (secondary N) is 1. The Morgan fingerprint density at radius 3 is 2.42 bits per heavy atom. The monoisotopic (exact) mass is 275 g/mol. The molecule has 1 aromatic carbocycles. The molecule has 0 saturated carbocycles. The lowest BCUT2D eigenvalue weighted by Crippen LogP contribution is -2.15. The summed E-state index contributed by atoms with van der Waals surface area (Å²) in [5.41, 5.74) is 0.209. The molecule has 0 unspecified atom stereocenters. The van der Waals surface area contributed by atoms with Crippen LogP contribution >= 0.6 is 0 Å². The molecule has 0 amide bonds. The minimum Gasteiger partial charge on any atom is -0.313 e. The van der Waals surface area contributed by atoms with Crippen molar-refractivity contribution in [1.29, 1.82) is 0 Å². The average Bonchev–Trinajstić information content (AvgIpc) is 2.32. The molecule has 1 aromatic rings.